The van der Waals surface area contributed by atoms with Crippen molar-refractivity contribution in [2.24, 2.45) is 0 Å². The first-order valence-electron chi connectivity index (χ1n) is 7.62. The second-order valence-electron chi connectivity index (χ2n) is 5.38. The van der Waals surface area contributed by atoms with Crippen LogP contribution in [0.4, 0.5) is 10.7 Å². The molecule has 0 unspecified atom stereocenters. The number of amides is 1. The topological polar surface area (TPSA) is 98.3 Å². The minimum absolute atomic E-state index is 0.0811. The maximum Gasteiger partial charge on any atom is 0.324 e. The van der Waals surface area contributed by atoms with Crippen LogP contribution in [0, 0.1) is 10.1 Å². The summed E-state index contributed by atoms with van der Waals surface area (Å²) in [6.07, 6.45) is 0. The van der Waals surface area contributed by atoms with Gasteiger partial charge in [-0.25, -0.2) is 4.98 Å². The van der Waals surface area contributed by atoms with E-state index in [2.05, 4.69) is 10.3 Å². The van der Waals surface area contributed by atoms with E-state index in [1.807, 2.05) is 30.3 Å². The summed E-state index contributed by atoms with van der Waals surface area (Å²) in [6.45, 7) is 0. The Bertz CT molecular complexity index is 1100. The molecule has 2 heterocycles. The zero-order valence-corrected chi connectivity index (χ0v) is 14.0. The Kier molecular flexibility index (Phi) is 3.94. The standard InChI is InChI=1S/C18H11N3O4S/c22-17(15-9-10-16(26-15)21(23)24)19-12-6-2-1-5-11(12)18-20-13-7-3-4-8-14(13)25-18/h1-10H,(H,19,22). The van der Waals surface area contributed by atoms with Crippen LogP contribution in [0.3, 0.4) is 0 Å². The number of benzene rings is 2. The van der Waals surface area contributed by atoms with Gasteiger partial charge in [-0.05, 0) is 30.3 Å². The van der Waals surface area contributed by atoms with Crippen molar-refractivity contribution in [1.29, 1.82) is 0 Å². The van der Waals surface area contributed by atoms with Gasteiger partial charge in [0.15, 0.2) is 5.58 Å². The number of fused-ring (bicyclic) bond motifs is 1. The number of hydrogen-bond acceptors (Lipinski definition) is 6. The Hall–Kier alpha value is -3.52. The second-order valence-corrected chi connectivity index (χ2v) is 6.44. The van der Waals surface area contributed by atoms with Crippen LogP contribution in [-0.4, -0.2) is 15.8 Å². The molecule has 1 N–H and O–H groups in total. The number of para-hydroxylation sites is 3. The lowest BCUT2D eigenvalue weighted by atomic mass is 10.1. The largest absolute Gasteiger partial charge is 0.436 e. The quantitative estimate of drug-likeness (QED) is 0.417. The van der Waals surface area contributed by atoms with Crippen LogP contribution in [0.1, 0.15) is 9.67 Å². The van der Waals surface area contributed by atoms with Crippen LogP contribution in [0.5, 0.6) is 0 Å². The van der Waals surface area contributed by atoms with Crippen molar-refractivity contribution in [3.8, 4) is 11.5 Å². The monoisotopic (exact) mass is 365 g/mol. The highest BCUT2D eigenvalue weighted by Gasteiger charge is 2.18. The number of thiophene rings is 1. The smallest absolute Gasteiger partial charge is 0.324 e. The van der Waals surface area contributed by atoms with E-state index in [0.717, 1.165) is 16.9 Å². The fraction of sp³-hybridized carbons (Fsp3) is 0. The zero-order chi connectivity index (χ0) is 18.1. The first kappa shape index (κ1) is 16.0. The summed E-state index contributed by atoms with van der Waals surface area (Å²) in [5.41, 5.74) is 2.51. The van der Waals surface area contributed by atoms with Crippen molar-refractivity contribution < 1.29 is 14.1 Å². The third-order valence-electron chi connectivity index (χ3n) is 3.70. The van der Waals surface area contributed by atoms with Gasteiger partial charge in [0.1, 0.15) is 5.52 Å². The molecule has 26 heavy (non-hydrogen) atoms. The molecular weight excluding hydrogens is 354 g/mol. The molecule has 0 atom stereocenters. The van der Waals surface area contributed by atoms with Crippen molar-refractivity contribution in [3.63, 3.8) is 0 Å². The van der Waals surface area contributed by atoms with Crippen molar-refractivity contribution in [1.82, 2.24) is 4.98 Å². The number of aromatic nitrogens is 1. The minimum atomic E-state index is -0.520. The fourth-order valence-corrected chi connectivity index (χ4v) is 3.21. The van der Waals surface area contributed by atoms with E-state index >= 15 is 0 Å². The summed E-state index contributed by atoms with van der Waals surface area (Å²) in [5.74, 6) is -0.0362. The maximum atomic E-state index is 12.4. The second kappa shape index (κ2) is 6.41. The Morgan fingerprint density at radius 1 is 1.08 bits per heavy atom. The molecule has 2 aromatic heterocycles. The van der Waals surface area contributed by atoms with E-state index in [1.165, 1.54) is 12.1 Å². The van der Waals surface area contributed by atoms with Gasteiger partial charge >= 0.3 is 5.00 Å². The number of carbonyl (C=O) groups is 1. The molecule has 4 aromatic rings. The van der Waals surface area contributed by atoms with Gasteiger partial charge in [0.2, 0.25) is 5.89 Å². The van der Waals surface area contributed by atoms with Crippen LogP contribution in [0.25, 0.3) is 22.6 Å². The van der Waals surface area contributed by atoms with E-state index < -0.39 is 10.8 Å². The molecule has 0 saturated carbocycles. The third kappa shape index (κ3) is 2.93. The van der Waals surface area contributed by atoms with Gasteiger partial charge in [-0.3, -0.25) is 14.9 Å². The molecule has 4 rings (SSSR count). The van der Waals surface area contributed by atoms with Crippen LogP contribution in [0.15, 0.2) is 65.1 Å². The lowest BCUT2D eigenvalue weighted by Gasteiger charge is -2.07. The number of nitrogens with one attached hydrogen (secondary N) is 1. The first-order chi connectivity index (χ1) is 12.6. The summed E-state index contributed by atoms with van der Waals surface area (Å²) in [6, 6.07) is 17.2. The van der Waals surface area contributed by atoms with Crippen molar-refractivity contribution in [2.45, 2.75) is 0 Å². The van der Waals surface area contributed by atoms with E-state index in [-0.39, 0.29) is 9.88 Å². The Morgan fingerprint density at radius 2 is 1.85 bits per heavy atom. The zero-order valence-electron chi connectivity index (χ0n) is 13.2. The minimum Gasteiger partial charge on any atom is -0.436 e. The highest BCUT2D eigenvalue weighted by atomic mass is 32.1. The molecule has 0 aliphatic heterocycles. The lowest BCUT2D eigenvalue weighted by molar-refractivity contribution is -0.380. The molecule has 8 heteroatoms. The van der Waals surface area contributed by atoms with Crippen molar-refractivity contribution in [2.75, 3.05) is 5.32 Å². The highest BCUT2D eigenvalue weighted by molar-refractivity contribution is 7.17. The molecule has 0 radical (unpaired) electrons. The van der Waals surface area contributed by atoms with Gasteiger partial charge in [-0.1, -0.05) is 35.6 Å². The van der Waals surface area contributed by atoms with Crippen LogP contribution >= 0.6 is 11.3 Å². The van der Waals surface area contributed by atoms with Gasteiger partial charge in [-0.2, -0.15) is 0 Å². The Labute approximate surface area is 151 Å². The van der Waals surface area contributed by atoms with Crippen LogP contribution < -0.4 is 5.32 Å². The number of carbonyl (C=O) groups excluding carboxylic acids is 1. The number of nitro groups is 1. The molecule has 2 aromatic carbocycles. The van der Waals surface area contributed by atoms with Crippen molar-refractivity contribution >= 4 is 39.0 Å². The number of hydrogen-bond donors (Lipinski definition) is 1. The number of oxazole rings is 1. The summed E-state index contributed by atoms with van der Waals surface area (Å²) < 4.78 is 5.77. The average molecular weight is 365 g/mol. The van der Waals surface area contributed by atoms with Gasteiger partial charge in [0.05, 0.1) is 21.1 Å². The van der Waals surface area contributed by atoms with E-state index in [9.17, 15) is 14.9 Å². The highest BCUT2D eigenvalue weighted by Crippen LogP contribution is 2.31. The summed E-state index contributed by atoms with van der Waals surface area (Å²) in [7, 11) is 0. The van der Waals surface area contributed by atoms with E-state index in [1.54, 1.807) is 18.2 Å². The van der Waals surface area contributed by atoms with Crippen LogP contribution in [-0.2, 0) is 0 Å². The lowest BCUT2D eigenvalue weighted by Crippen LogP contribution is -2.10. The van der Waals surface area contributed by atoms with Gasteiger partial charge < -0.3 is 9.73 Å². The number of nitrogens with zero attached hydrogens (tertiary/aromatic N) is 2. The molecule has 0 saturated heterocycles. The van der Waals surface area contributed by atoms with Gasteiger partial charge in [-0.15, -0.1) is 0 Å². The fourth-order valence-electron chi connectivity index (χ4n) is 2.50. The molecule has 7 nitrogen and oxygen atoms in total. The average Bonchev–Trinajstić information content (AvgIpc) is 3.29. The number of rotatable bonds is 4. The van der Waals surface area contributed by atoms with Gasteiger partial charge in [0, 0.05) is 6.07 Å². The summed E-state index contributed by atoms with van der Waals surface area (Å²) in [4.78, 5) is 27.4. The Morgan fingerprint density at radius 3 is 2.62 bits per heavy atom. The molecule has 0 aliphatic rings. The summed E-state index contributed by atoms with van der Waals surface area (Å²) >= 11 is 0.824. The Balaban J connectivity index is 1.67. The van der Waals surface area contributed by atoms with E-state index in [4.69, 9.17) is 4.42 Å². The third-order valence-corrected chi connectivity index (χ3v) is 4.73. The number of anilines is 1. The van der Waals surface area contributed by atoms with Gasteiger partial charge in [0.25, 0.3) is 5.91 Å². The van der Waals surface area contributed by atoms with Crippen molar-refractivity contribution in [3.05, 3.63) is 75.7 Å². The maximum absolute atomic E-state index is 12.4. The molecule has 128 valence electrons. The predicted molar refractivity (Wildman–Crippen MR) is 98.4 cm³/mol. The molecule has 0 aliphatic carbocycles. The molecular formula is C18H11N3O4S. The molecule has 0 bridgehead atoms. The van der Waals surface area contributed by atoms with Crippen LogP contribution in [0.2, 0.25) is 0 Å². The summed E-state index contributed by atoms with van der Waals surface area (Å²) in [5, 5.41) is 13.5. The predicted octanol–water partition coefficient (Wildman–Crippen LogP) is 4.72. The normalized spacial score (nSPS) is 10.8. The van der Waals surface area contributed by atoms with E-state index in [0.29, 0.717) is 22.7 Å². The SMILES string of the molecule is O=C(Nc1ccccc1-c1nc2ccccc2o1)c1ccc([N+](=O)[O-])s1. The molecule has 0 fully saturated rings. The first-order valence-corrected chi connectivity index (χ1v) is 8.44. The molecule has 0 spiro atoms. The molecule has 1 amide bonds.